The van der Waals surface area contributed by atoms with Gasteiger partial charge < -0.3 is 14.8 Å². The van der Waals surface area contributed by atoms with Crippen LogP contribution in [0.15, 0.2) is 24.4 Å². The molecular formula is C15H16F2N4O5. The molecule has 0 saturated carbocycles. The summed E-state index contributed by atoms with van der Waals surface area (Å²) < 4.78 is 35.1. The van der Waals surface area contributed by atoms with Gasteiger partial charge in [0.05, 0.1) is 12.0 Å². The molecule has 11 heteroatoms. The van der Waals surface area contributed by atoms with Gasteiger partial charge in [-0.25, -0.2) is 0 Å². The van der Waals surface area contributed by atoms with Crippen molar-refractivity contribution < 1.29 is 28.0 Å². The number of methoxy groups -OCH3 is 1. The molecule has 0 fully saturated rings. The number of carbonyl (C=O) groups is 1. The second-order valence-electron chi connectivity index (χ2n) is 5.25. The van der Waals surface area contributed by atoms with E-state index in [4.69, 9.17) is 4.74 Å². The fourth-order valence-electron chi connectivity index (χ4n) is 2.16. The first-order valence-corrected chi connectivity index (χ1v) is 7.36. The summed E-state index contributed by atoms with van der Waals surface area (Å²) in [5, 5.41) is 17.4. The molecule has 0 aliphatic heterocycles. The van der Waals surface area contributed by atoms with E-state index in [1.54, 1.807) is 0 Å². The summed E-state index contributed by atoms with van der Waals surface area (Å²) in [5.41, 5.74) is 0.267. The van der Waals surface area contributed by atoms with E-state index in [-0.39, 0.29) is 28.6 Å². The number of anilines is 1. The average Bonchev–Trinajstić information content (AvgIpc) is 2.97. The monoisotopic (exact) mass is 370 g/mol. The molecule has 26 heavy (non-hydrogen) atoms. The molecular weight excluding hydrogens is 354 g/mol. The zero-order chi connectivity index (χ0) is 19.4. The van der Waals surface area contributed by atoms with E-state index in [1.165, 1.54) is 50.0 Å². The predicted molar refractivity (Wildman–Crippen MR) is 86.6 cm³/mol. The summed E-state index contributed by atoms with van der Waals surface area (Å²) >= 11 is 0. The van der Waals surface area contributed by atoms with E-state index >= 15 is 0 Å². The maximum atomic E-state index is 12.3. The third kappa shape index (κ3) is 4.23. The molecule has 1 heterocycles. The Bertz CT molecular complexity index is 824. The normalized spacial score (nSPS) is 11.9. The molecule has 1 amide bonds. The highest BCUT2D eigenvalue weighted by molar-refractivity contribution is 5.93. The van der Waals surface area contributed by atoms with Crippen LogP contribution in [0.2, 0.25) is 0 Å². The van der Waals surface area contributed by atoms with Crippen LogP contribution in [0.1, 0.15) is 18.7 Å². The lowest BCUT2D eigenvalue weighted by Gasteiger charge is -2.14. The van der Waals surface area contributed by atoms with E-state index in [9.17, 15) is 23.7 Å². The maximum absolute atomic E-state index is 12.3. The number of hydrogen-bond acceptors (Lipinski definition) is 6. The molecule has 140 valence electrons. The molecule has 0 aliphatic carbocycles. The maximum Gasteiger partial charge on any atom is 0.387 e. The van der Waals surface area contributed by atoms with Crippen molar-refractivity contribution in [3.05, 3.63) is 40.2 Å². The minimum Gasteiger partial charge on any atom is -0.493 e. The van der Waals surface area contributed by atoms with Gasteiger partial charge in [-0.2, -0.15) is 13.9 Å². The molecule has 0 saturated heterocycles. The number of rotatable bonds is 7. The van der Waals surface area contributed by atoms with Crippen LogP contribution < -0.4 is 14.8 Å². The molecule has 2 rings (SSSR count). The van der Waals surface area contributed by atoms with Crippen molar-refractivity contribution in [3.63, 3.8) is 0 Å². The highest BCUT2D eigenvalue weighted by atomic mass is 19.3. The Morgan fingerprint density at radius 2 is 2.08 bits per heavy atom. The van der Waals surface area contributed by atoms with Gasteiger partial charge in [-0.05, 0) is 26.0 Å². The number of nitrogens with one attached hydrogen (secondary N) is 1. The molecule has 0 radical (unpaired) electrons. The summed E-state index contributed by atoms with van der Waals surface area (Å²) in [6.07, 6.45) is 1.17. The highest BCUT2D eigenvalue weighted by Gasteiger charge is 2.22. The first-order chi connectivity index (χ1) is 12.2. The number of hydrogen-bond donors (Lipinski definition) is 1. The van der Waals surface area contributed by atoms with Crippen molar-refractivity contribution in [1.29, 1.82) is 0 Å². The Labute approximate surface area is 146 Å². The topological polar surface area (TPSA) is 109 Å². The highest BCUT2D eigenvalue weighted by Crippen LogP contribution is 2.31. The minimum atomic E-state index is -3.01. The van der Waals surface area contributed by atoms with Crippen LogP contribution in [-0.2, 0) is 4.79 Å². The second kappa shape index (κ2) is 7.76. The molecule has 1 aromatic carbocycles. The van der Waals surface area contributed by atoms with Crippen molar-refractivity contribution in [3.8, 4) is 11.5 Å². The van der Waals surface area contributed by atoms with Gasteiger partial charge in [0.2, 0.25) is 5.91 Å². The second-order valence-corrected chi connectivity index (χ2v) is 5.25. The largest absolute Gasteiger partial charge is 0.493 e. The van der Waals surface area contributed by atoms with E-state index < -0.39 is 23.5 Å². The minimum absolute atomic E-state index is 0.0151. The Morgan fingerprint density at radius 1 is 1.38 bits per heavy atom. The molecule has 0 aliphatic rings. The fraction of sp³-hybridized carbons (Fsp3) is 0.333. The van der Waals surface area contributed by atoms with Gasteiger partial charge in [0.1, 0.15) is 17.9 Å². The lowest BCUT2D eigenvalue weighted by molar-refractivity contribution is -0.385. The van der Waals surface area contributed by atoms with Gasteiger partial charge in [0.15, 0.2) is 11.5 Å². The van der Waals surface area contributed by atoms with E-state index in [2.05, 4.69) is 15.2 Å². The zero-order valence-corrected chi connectivity index (χ0v) is 14.1. The van der Waals surface area contributed by atoms with Crippen molar-refractivity contribution in [1.82, 2.24) is 9.78 Å². The molecule has 9 nitrogen and oxygen atoms in total. The quantitative estimate of drug-likeness (QED) is 0.593. The van der Waals surface area contributed by atoms with Gasteiger partial charge in [-0.15, -0.1) is 0 Å². The first kappa shape index (κ1) is 19.1. The number of nitro groups is 1. The lowest BCUT2D eigenvalue weighted by atomic mass is 10.2. The lowest BCUT2D eigenvalue weighted by Crippen LogP contribution is -2.24. The number of benzene rings is 1. The van der Waals surface area contributed by atoms with Crippen LogP contribution in [0, 0.1) is 17.0 Å². The smallest absolute Gasteiger partial charge is 0.387 e. The van der Waals surface area contributed by atoms with Crippen molar-refractivity contribution >= 4 is 17.3 Å². The number of ether oxygens (including phenoxy) is 2. The Morgan fingerprint density at radius 3 is 2.62 bits per heavy atom. The zero-order valence-electron chi connectivity index (χ0n) is 14.1. The number of halogens is 2. The molecule has 1 aromatic heterocycles. The summed E-state index contributed by atoms with van der Waals surface area (Å²) in [5.74, 6) is -0.667. The van der Waals surface area contributed by atoms with Crippen LogP contribution in [0.3, 0.4) is 0 Å². The third-order valence-electron chi connectivity index (χ3n) is 3.51. The summed E-state index contributed by atoms with van der Waals surface area (Å²) in [4.78, 5) is 22.6. The van der Waals surface area contributed by atoms with Crippen LogP contribution in [0.4, 0.5) is 20.2 Å². The first-order valence-electron chi connectivity index (χ1n) is 7.36. The molecule has 1 unspecified atom stereocenters. The van der Waals surface area contributed by atoms with E-state index in [0.29, 0.717) is 0 Å². The molecule has 0 spiro atoms. The Kier molecular flexibility index (Phi) is 5.70. The standard InChI is InChI=1S/C15H16F2N4O5/c1-8-11(21(23)24)7-20(19-8)9(2)14(22)18-10-4-5-12(26-15(16)17)13(6-10)25-3/h4-7,9,15H,1-3H3,(H,18,22). The van der Waals surface area contributed by atoms with Crippen LogP contribution >= 0.6 is 0 Å². The molecule has 2 aromatic rings. The molecule has 1 atom stereocenters. The third-order valence-corrected chi connectivity index (χ3v) is 3.51. The van der Waals surface area contributed by atoms with E-state index in [0.717, 1.165) is 0 Å². The SMILES string of the molecule is COc1cc(NC(=O)C(C)n2cc([N+](=O)[O-])c(C)n2)ccc1OC(F)F. The number of amides is 1. The number of alkyl halides is 2. The number of aryl methyl sites for hydroxylation is 1. The van der Waals surface area contributed by atoms with Gasteiger partial charge in [-0.1, -0.05) is 0 Å². The summed E-state index contributed by atoms with van der Waals surface area (Å²) in [7, 11) is 1.27. The number of carbonyl (C=O) groups excluding carboxylic acids is 1. The average molecular weight is 370 g/mol. The number of aromatic nitrogens is 2. The Balaban J connectivity index is 2.16. The summed E-state index contributed by atoms with van der Waals surface area (Å²) in [6.45, 7) is -0.0359. The molecule has 1 N–H and O–H groups in total. The fourth-order valence-corrected chi connectivity index (χ4v) is 2.16. The van der Waals surface area contributed by atoms with Gasteiger partial charge >= 0.3 is 12.3 Å². The number of nitrogens with zero attached hydrogens (tertiary/aromatic N) is 3. The Hall–Kier alpha value is -3.24. The van der Waals surface area contributed by atoms with Crippen LogP contribution in [-0.4, -0.2) is 34.3 Å². The van der Waals surface area contributed by atoms with Crippen molar-refractivity contribution in [2.75, 3.05) is 12.4 Å². The van der Waals surface area contributed by atoms with Gasteiger partial charge in [-0.3, -0.25) is 19.6 Å². The summed E-state index contributed by atoms with van der Waals surface area (Å²) in [6, 6.07) is 3.07. The van der Waals surface area contributed by atoms with Gasteiger partial charge in [0, 0.05) is 11.8 Å². The predicted octanol–water partition coefficient (Wildman–Crippen LogP) is 2.91. The van der Waals surface area contributed by atoms with Crippen molar-refractivity contribution in [2.45, 2.75) is 26.5 Å². The van der Waals surface area contributed by atoms with Crippen LogP contribution in [0.5, 0.6) is 11.5 Å². The van der Waals surface area contributed by atoms with E-state index in [1.807, 2.05) is 0 Å². The molecule has 0 bridgehead atoms. The van der Waals surface area contributed by atoms with Gasteiger partial charge in [0.25, 0.3) is 0 Å². The van der Waals surface area contributed by atoms with Crippen LogP contribution in [0.25, 0.3) is 0 Å². The van der Waals surface area contributed by atoms with Crippen molar-refractivity contribution in [2.24, 2.45) is 0 Å².